The number of nitrogens with two attached hydrogens (primary N) is 1. The summed E-state index contributed by atoms with van der Waals surface area (Å²) in [7, 11) is 0. The van der Waals surface area contributed by atoms with Crippen molar-refractivity contribution in [1.29, 1.82) is 0 Å². The summed E-state index contributed by atoms with van der Waals surface area (Å²) < 4.78 is 7.23. The smallest absolute Gasteiger partial charge is 0.328 e. The average molecular weight is 268 g/mol. The van der Waals surface area contributed by atoms with Gasteiger partial charge in [-0.25, -0.2) is 4.98 Å². The van der Waals surface area contributed by atoms with Gasteiger partial charge < -0.3 is 10.5 Å². The lowest BCUT2D eigenvalue weighted by molar-refractivity contribution is 0.439. The molecule has 2 heterocycles. The quantitative estimate of drug-likeness (QED) is 0.777. The lowest BCUT2D eigenvalue weighted by atomic mass is 10.2. The first-order valence-corrected chi connectivity index (χ1v) is 5.95. The maximum atomic E-state index is 5.67. The van der Waals surface area contributed by atoms with E-state index in [0.717, 1.165) is 5.56 Å². The van der Waals surface area contributed by atoms with Crippen molar-refractivity contribution in [1.82, 2.24) is 24.5 Å². The molecule has 3 rings (SSSR count). The van der Waals surface area contributed by atoms with Crippen LogP contribution in [0.2, 0.25) is 0 Å². The van der Waals surface area contributed by atoms with Crippen LogP contribution in [0.3, 0.4) is 0 Å². The Balaban J connectivity index is 1.94. The summed E-state index contributed by atoms with van der Waals surface area (Å²) in [5, 5.41) is 0. The zero-order chi connectivity index (χ0) is 13.9. The molecule has 2 aromatic heterocycles. The maximum Gasteiger partial charge on any atom is 0.328 e. The molecule has 1 aromatic carbocycles. The number of aryl methyl sites for hydroxylation is 1. The molecule has 2 N–H and O–H groups in total. The first kappa shape index (κ1) is 12.1. The molecule has 0 saturated heterocycles. The number of nitrogens with zero attached hydrogens (tertiary/aromatic N) is 5. The van der Waals surface area contributed by atoms with Crippen molar-refractivity contribution >= 4 is 5.95 Å². The van der Waals surface area contributed by atoms with E-state index in [1.165, 1.54) is 0 Å². The van der Waals surface area contributed by atoms with Gasteiger partial charge >= 0.3 is 6.01 Å². The molecule has 0 aliphatic carbocycles. The van der Waals surface area contributed by atoms with E-state index in [0.29, 0.717) is 11.7 Å². The lowest BCUT2D eigenvalue weighted by Crippen LogP contribution is -2.06. The number of hydrogen-bond acceptors (Lipinski definition) is 6. The minimum atomic E-state index is 0.0892. The number of imidazole rings is 1. The number of anilines is 1. The predicted molar refractivity (Wildman–Crippen MR) is 72.6 cm³/mol. The van der Waals surface area contributed by atoms with Crippen LogP contribution in [0, 0.1) is 6.92 Å². The third-order valence-corrected chi connectivity index (χ3v) is 2.55. The summed E-state index contributed by atoms with van der Waals surface area (Å²) in [6.45, 7) is 1.98. The summed E-state index contributed by atoms with van der Waals surface area (Å²) in [6.07, 6.45) is 4.91. The van der Waals surface area contributed by atoms with Gasteiger partial charge in [0.15, 0.2) is 0 Å². The van der Waals surface area contributed by atoms with Crippen molar-refractivity contribution < 1.29 is 4.74 Å². The molecular weight excluding hydrogens is 256 g/mol. The number of ether oxygens (including phenoxy) is 1. The third-order valence-electron chi connectivity index (χ3n) is 2.55. The van der Waals surface area contributed by atoms with E-state index in [1.54, 1.807) is 23.3 Å². The Morgan fingerprint density at radius 3 is 2.85 bits per heavy atom. The van der Waals surface area contributed by atoms with E-state index in [-0.39, 0.29) is 12.0 Å². The van der Waals surface area contributed by atoms with Crippen molar-refractivity contribution in [2.45, 2.75) is 6.92 Å². The summed E-state index contributed by atoms with van der Waals surface area (Å²) in [5.41, 5.74) is 6.76. The molecule has 0 amide bonds. The Morgan fingerprint density at radius 2 is 2.10 bits per heavy atom. The second-order valence-corrected chi connectivity index (χ2v) is 4.16. The zero-order valence-corrected chi connectivity index (χ0v) is 10.8. The Bertz CT molecular complexity index is 725. The molecule has 7 heteroatoms. The second kappa shape index (κ2) is 4.96. The first-order valence-electron chi connectivity index (χ1n) is 5.95. The zero-order valence-electron chi connectivity index (χ0n) is 10.8. The van der Waals surface area contributed by atoms with Gasteiger partial charge in [0.25, 0.3) is 0 Å². The molecule has 0 radical (unpaired) electrons. The Labute approximate surface area is 115 Å². The van der Waals surface area contributed by atoms with Crippen molar-refractivity contribution in [2.75, 3.05) is 5.73 Å². The third kappa shape index (κ3) is 2.56. The Morgan fingerprint density at radius 1 is 1.20 bits per heavy atom. The normalized spacial score (nSPS) is 10.4. The fourth-order valence-corrected chi connectivity index (χ4v) is 1.68. The van der Waals surface area contributed by atoms with Gasteiger partial charge in [-0.15, -0.1) is 0 Å². The fraction of sp³-hybridized carbons (Fsp3) is 0.0769. The average Bonchev–Trinajstić information content (AvgIpc) is 2.91. The summed E-state index contributed by atoms with van der Waals surface area (Å²) in [5.74, 6) is 1.09. The van der Waals surface area contributed by atoms with Gasteiger partial charge in [-0.3, -0.25) is 4.57 Å². The molecule has 0 atom stereocenters. The molecule has 0 fully saturated rings. The van der Waals surface area contributed by atoms with Crippen LogP contribution >= 0.6 is 0 Å². The van der Waals surface area contributed by atoms with E-state index in [9.17, 15) is 0 Å². The van der Waals surface area contributed by atoms with Crippen LogP contribution in [0.25, 0.3) is 5.95 Å². The van der Waals surface area contributed by atoms with E-state index < -0.39 is 0 Å². The Kier molecular flexibility index (Phi) is 3.00. The van der Waals surface area contributed by atoms with Crippen LogP contribution in [0.1, 0.15) is 5.56 Å². The van der Waals surface area contributed by atoms with Gasteiger partial charge in [-0.05, 0) is 24.6 Å². The molecule has 20 heavy (non-hydrogen) atoms. The van der Waals surface area contributed by atoms with Crippen LogP contribution in [-0.4, -0.2) is 24.5 Å². The topological polar surface area (TPSA) is 91.7 Å². The molecule has 7 nitrogen and oxygen atoms in total. The summed E-state index contributed by atoms with van der Waals surface area (Å²) >= 11 is 0. The molecule has 0 bridgehead atoms. The largest absolute Gasteiger partial charge is 0.424 e. The van der Waals surface area contributed by atoms with Gasteiger partial charge in [-0.1, -0.05) is 12.1 Å². The fourth-order valence-electron chi connectivity index (χ4n) is 1.68. The van der Waals surface area contributed by atoms with Gasteiger partial charge in [0.2, 0.25) is 11.9 Å². The predicted octanol–water partition coefficient (Wildman–Crippen LogP) is 1.74. The minimum absolute atomic E-state index is 0.0892. The van der Waals surface area contributed by atoms with Crippen molar-refractivity contribution in [3.63, 3.8) is 0 Å². The molecular formula is C13H12N6O. The number of nitrogen functional groups attached to an aromatic ring is 1. The molecule has 0 spiro atoms. The highest BCUT2D eigenvalue weighted by molar-refractivity contribution is 5.31. The highest BCUT2D eigenvalue weighted by Gasteiger charge is 2.08. The SMILES string of the molecule is Cc1cccc(Oc2nc(N)nc(-n3ccnc3)n2)c1. The van der Waals surface area contributed by atoms with E-state index in [4.69, 9.17) is 10.5 Å². The summed E-state index contributed by atoms with van der Waals surface area (Å²) in [6, 6.07) is 7.73. The van der Waals surface area contributed by atoms with E-state index in [1.807, 2.05) is 31.2 Å². The van der Waals surface area contributed by atoms with Crippen LogP contribution in [0.15, 0.2) is 43.0 Å². The van der Waals surface area contributed by atoms with Gasteiger partial charge in [0.05, 0.1) is 0 Å². The monoisotopic (exact) mass is 268 g/mol. The number of aromatic nitrogens is 5. The minimum Gasteiger partial charge on any atom is -0.424 e. The standard InChI is InChI=1S/C13H12N6O/c1-9-3-2-4-10(7-9)20-13-17-11(14)16-12(18-13)19-6-5-15-8-19/h2-8H,1H3,(H2,14,16,17,18). The van der Waals surface area contributed by atoms with Crippen LogP contribution in [0.4, 0.5) is 5.95 Å². The Hall–Kier alpha value is -2.96. The molecule has 0 saturated carbocycles. The molecule has 100 valence electrons. The molecule has 0 unspecified atom stereocenters. The lowest BCUT2D eigenvalue weighted by Gasteiger charge is -2.06. The van der Waals surface area contributed by atoms with Crippen LogP contribution in [0.5, 0.6) is 11.8 Å². The van der Waals surface area contributed by atoms with Crippen molar-refractivity contribution in [3.05, 3.63) is 48.5 Å². The highest BCUT2D eigenvalue weighted by Crippen LogP contribution is 2.19. The number of hydrogen-bond donors (Lipinski definition) is 1. The van der Waals surface area contributed by atoms with Gasteiger partial charge in [0.1, 0.15) is 12.1 Å². The maximum absolute atomic E-state index is 5.67. The second-order valence-electron chi connectivity index (χ2n) is 4.16. The van der Waals surface area contributed by atoms with E-state index >= 15 is 0 Å². The number of rotatable bonds is 3. The van der Waals surface area contributed by atoms with Gasteiger partial charge in [0, 0.05) is 12.4 Å². The van der Waals surface area contributed by atoms with Crippen molar-refractivity contribution in [2.24, 2.45) is 0 Å². The number of benzene rings is 1. The van der Waals surface area contributed by atoms with E-state index in [2.05, 4.69) is 19.9 Å². The molecule has 0 aliphatic heterocycles. The van der Waals surface area contributed by atoms with Gasteiger partial charge in [-0.2, -0.15) is 15.0 Å². The highest BCUT2D eigenvalue weighted by atomic mass is 16.5. The summed E-state index contributed by atoms with van der Waals surface area (Å²) in [4.78, 5) is 16.1. The van der Waals surface area contributed by atoms with Crippen molar-refractivity contribution in [3.8, 4) is 17.7 Å². The molecule has 3 aromatic rings. The first-order chi connectivity index (χ1) is 9.70. The molecule has 0 aliphatic rings. The van der Waals surface area contributed by atoms with Crippen LogP contribution in [-0.2, 0) is 0 Å². The van der Waals surface area contributed by atoms with Crippen LogP contribution < -0.4 is 10.5 Å².